The predicted molar refractivity (Wildman–Crippen MR) is 187 cm³/mol. The molecule has 0 heterocycles. The Morgan fingerprint density at radius 1 is 0.465 bits per heavy atom. The predicted octanol–water partition coefficient (Wildman–Crippen LogP) is 12.1. The van der Waals surface area contributed by atoms with Gasteiger partial charge in [0.1, 0.15) is 0 Å². The van der Waals surface area contributed by atoms with E-state index in [0.29, 0.717) is 32.4 Å². The maximum absolute atomic E-state index is 12.0. The number of carbonyl (C=O) groups is 2. The number of hydrogen-bond donors (Lipinski definition) is 1. The molecule has 43 heavy (non-hydrogen) atoms. The number of allylic oxidation sites excluding steroid dienone is 4. The van der Waals surface area contributed by atoms with Crippen molar-refractivity contribution >= 4 is 11.9 Å². The van der Waals surface area contributed by atoms with Gasteiger partial charge in [-0.1, -0.05) is 141 Å². The summed E-state index contributed by atoms with van der Waals surface area (Å²) in [6.07, 6.45) is 44.1. The Hall–Kier alpha value is -1.58. The highest BCUT2D eigenvalue weighted by atomic mass is 16.5. The van der Waals surface area contributed by atoms with E-state index < -0.39 is 0 Å². The van der Waals surface area contributed by atoms with Gasteiger partial charge in [0.25, 0.3) is 0 Å². The van der Waals surface area contributed by atoms with Crippen molar-refractivity contribution in [3.05, 3.63) is 24.3 Å². The van der Waals surface area contributed by atoms with E-state index in [2.05, 4.69) is 43.5 Å². The van der Waals surface area contributed by atoms with E-state index in [9.17, 15) is 9.59 Å². The summed E-state index contributed by atoms with van der Waals surface area (Å²) < 4.78 is 5.33. The number of carbonyl (C=O) groups excluding carboxylic acids is 2. The van der Waals surface area contributed by atoms with Gasteiger partial charge in [0.2, 0.25) is 5.91 Å². The first-order chi connectivity index (χ1) is 21.2. The lowest BCUT2D eigenvalue weighted by Gasteiger charge is -2.07. The van der Waals surface area contributed by atoms with Gasteiger partial charge >= 0.3 is 5.97 Å². The molecular weight excluding hydrogens is 530 g/mol. The lowest BCUT2D eigenvalue weighted by atomic mass is 10.1. The van der Waals surface area contributed by atoms with Crippen LogP contribution in [0.4, 0.5) is 0 Å². The van der Waals surface area contributed by atoms with Crippen LogP contribution >= 0.6 is 0 Å². The van der Waals surface area contributed by atoms with E-state index in [0.717, 1.165) is 25.7 Å². The second kappa shape index (κ2) is 36.6. The molecule has 0 spiro atoms. The van der Waals surface area contributed by atoms with Gasteiger partial charge in [-0.25, -0.2) is 0 Å². The second-order valence-electron chi connectivity index (χ2n) is 12.6. The van der Waals surface area contributed by atoms with Crippen molar-refractivity contribution < 1.29 is 14.3 Å². The SMILES string of the molecule is CCCCCCCC/C=C\CCCCCCCC(=O)NCCCOC(=O)CCCCCCC/C=C\CCCCCCCC. The third-order valence-electron chi connectivity index (χ3n) is 8.21. The van der Waals surface area contributed by atoms with E-state index in [4.69, 9.17) is 4.74 Å². The Morgan fingerprint density at radius 3 is 1.28 bits per heavy atom. The average molecular weight is 604 g/mol. The zero-order valence-electron chi connectivity index (χ0n) is 29.0. The van der Waals surface area contributed by atoms with Gasteiger partial charge in [0.15, 0.2) is 0 Å². The number of ether oxygens (including phenoxy) is 1. The molecule has 4 heteroatoms. The van der Waals surface area contributed by atoms with Gasteiger partial charge < -0.3 is 10.1 Å². The average Bonchev–Trinajstić information content (AvgIpc) is 3.00. The van der Waals surface area contributed by atoms with Crippen LogP contribution in [0.5, 0.6) is 0 Å². The molecule has 0 radical (unpaired) electrons. The molecule has 0 aromatic carbocycles. The summed E-state index contributed by atoms with van der Waals surface area (Å²) in [7, 11) is 0. The fourth-order valence-corrected chi connectivity index (χ4v) is 5.34. The number of amides is 1. The number of rotatable bonds is 34. The van der Waals surface area contributed by atoms with Crippen LogP contribution in [0.25, 0.3) is 0 Å². The maximum atomic E-state index is 12.0. The van der Waals surface area contributed by atoms with Gasteiger partial charge in [-0.15, -0.1) is 0 Å². The van der Waals surface area contributed by atoms with Crippen LogP contribution in [0, 0.1) is 0 Å². The number of nitrogens with one attached hydrogen (secondary N) is 1. The Morgan fingerprint density at radius 2 is 0.837 bits per heavy atom. The Bertz CT molecular complexity index is 588. The maximum Gasteiger partial charge on any atom is 0.305 e. The van der Waals surface area contributed by atoms with Crippen molar-refractivity contribution in [2.45, 2.75) is 200 Å². The minimum Gasteiger partial charge on any atom is -0.466 e. The molecule has 0 aliphatic carbocycles. The third-order valence-corrected chi connectivity index (χ3v) is 8.21. The van der Waals surface area contributed by atoms with E-state index in [-0.39, 0.29) is 11.9 Å². The normalized spacial score (nSPS) is 11.6. The first kappa shape index (κ1) is 41.4. The largest absolute Gasteiger partial charge is 0.466 e. The zero-order chi connectivity index (χ0) is 31.3. The minimum absolute atomic E-state index is 0.0998. The van der Waals surface area contributed by atoms with Crippen LogP contribution in [0.3, 0.4) is 0 Å². The number of unbranched alkanes of at least 4 members (excludes halogenated alkanes) is 22. The van der Waals surface area contributed by atoms with Crippen LogP contribution in [-0.2, 0) is 14.3 Å². The highest BCUT2D eigenvalue weighted by Crippen LogP contribution is 2.12. The first-order valence-electron chi connectivity index (χ1n) is 18.9. The van der Waals surface area contributed by atoms with Gasteiger partial charge in [-0.05, 0) is 70.6 Å². The molecule has 1 amide bonds. The van der Waals surface area contributed by atoms with E-state index in [1.165, 1.54) is 141 Å². The molecule has 1 N–H and O–H groups in total. The van der Waals surface area contributed by atoms with Crippen LogP contribution in [0.2, 0.25) is 0 Å². The smallest absolute Gasteiger partial charge is 0.305 e. The number of esters is 1. The molecule has 0 atom stereocenters. The fraction of sp³-hybridized carbons (Fsp3) is 0.846. The molecule has 0 aromatic rings. The summed E-state index contributed by atoms with van der Waals surface area (Å²) in [6, 6.07) is 0. The van der Waals surface area contributed by atoms with Crippen molar-refractivity contribution in [2.24, 2.45) is 0 Å². The fourth-order valence-electron chi connectivity index (χ4n) is 5.34. The molecule has 0 unspecified atom stereocenters. The second-order valence-corrected chi connectivity index (χ2v) is 12.6. The van der Waals surface area contributed by atoms with E-state index >= 15 is 0 Å². The van der Waals surface area contributed by atoms with Gasteiger partial charge in [0.05, 0.1) is 6.61 Å². The van der Waals surface area contributed by atoms with Crippen molar-refractivity contribution in [3.63, 3.8) is 0 Å². The molecule has 0 fully saturated rings. The highest BCUT2D eigenvalue weighted by Gasteiger charge is 2.04. The van der Waals surface area contributed by atoms with Crippen molar-refractivity contribution in [3.8, 4) is 0 Å². The summed E-state index contributed by atoms with van der Waals surface area (Å²) in [5, 5.41) is 2.96. The van der Waals surface area contributed by atoms with Crippen molar-refractivity contribution in [2.75, 3.05) is 13.2 Å². The van der Waals surface area contributed by atoms with Crippen LogP contribution in [0.1, 0.15) is 200 Å². The molecule has 0 aliphatic heterocycles. The van der Waals surface area contributed by atoms with E-state index in [1.807, 2.05) is 0 Å². The molecule has 0 saturated carbocycles. The molecule has 4 nitrogen and oxygen atoms in total. The molecule has 0 rings (SSSR count). The topological polar surface area (TPSA) is 55.4 Å². The summed E-state index contributed by atoms with van der Waals surface area (Å²) in [4.78, 5) is 23.9. The van der Waals surface area contributed by atoms with Crippen LogP contribution in [-0.4, -0.2) is 25.0 Å². The first-order valence-corrected chi connectivity index (χ1v) is 18.9. The summed E-state index contributed by atoms with van der Waals surface area (Å²) in [6.45, 7) is 5.52. The monoisotopic (exact) mass is 604 g/mol. The molecule has 252 valence electrons. The summed E-state index contributed by atoms with van der Waals surface area (Å²) >= 11 is 0. The Balaban J connectivity index is 3.33. The Labute approximate surface area is 268 Å². The lowest BCUT2D eigenvalue weighted by Crippen LogP contribution is -2.25. The molecule has 0 saturated heterocycles. The van der Waals surface area contributed by atoms with Crippen LogP contribution < -0.4 is 5.32 Å². The van der Waals surface area contributed by atoms with Crippen LogP contribution in [0.15, 0.2) is 24.3 Å². The minimum atomic E-state index is -0.0998. The van der Waals surface area contributed by atoms with Crippen molar-refractivity contribution in [1.29, 1.82) is 0 Å². The van der Waals surface area contributed by atoms with Gasteiger partial charge in [0, 0.05) is 19.4 Å². The molecule has 0 aliphatic rings. The standard InChI is InChI=1S/C39H73NO3/c1-3-5-7-9-11-13-15-17-19-21-23-25-27-29-31-34-38(41)40-36-33-37-43-39(42)35-32-30-28-26-24-22-20-18-16-14-12-10-8-6-4-2/h17-20H,3-16,21-37H2,1-2H3,(H,40,41)/b19-17-,20-18-. The quantitative estimate of drug-likeness (QED) is 0.0452. The zero-order valence-corrected chi connectivity index (χ0v) is 29.0. The number of hydrogen-bond acceptors (Lipinski definition) is 3. The summed E-state index contributed by atoms with van der Waals surface area (Å²) in [5.41, 5.74) is 0. The summed E-state index contributed by atoms with van der Waals surface area (Å²) in [5.74, 6) is 0.0227. The molecular formula is C39H73NO3. The van der Waals surface area contributed by atoms with E-state index in [1.54, 1.807) is 0 Å². The molecule has 0 aromatic heterocycles. The van der Waals surface area contributed by atoms with Crippen molar-refractivity contribution in [1.82, 2.24) is 5.32 Å². The van der Waals surface area contributed by atoms with Gasteiger partial charge in [-0.2, -0.15) is 0 Å². The third kappa shape index (κ3) is 36.5. The Kier molecular flexibility index (Phi) is 35.3. The molecule has 0 bridgehead atoms. The highest BCUT2D eigenvalue weighted by molar-refractivity contribution is 5.75. The lowest BCUT2D eigenvalue weighted by molar-refractivity contribution is -0.143. The van der Waals surface area contributed by atoms with Gasteiger partial charge in [-0.3, -0.25) is 9.59 Å².